The summed E-state index contributed by atoms with van der Waals surface area (Å²) in [4.78, 5) is 11.4. The van der Waals surface area contributed by atoms with Gasteiger partial charge in [0.2, 0.25) is 0 Å². The number of carbonyl (C=O) groups is 1. The molecule has 0 N–H and O–H groups in total. The topological polar surface area (TPSA) is 43.4 Å². The first-order valence-corrected chi connectivity index (χ1v) is 7.72. The van der Waals surface area contributed by atoms with Crippen LogP contribution in [0.2, 0.25) is 0 Å². The number of hydrogen-bond donors (Lipinski definition) is 0. The second kappa shape index (κ2) is 8.84. The summed E-state index contributed by atoms with van der Waals surface area (Å²) in [5.41, 5.74) is 0. The molecule has 0 saturated carbocycles. The van der Waals surface area contributed by atoms with Gasteiger partial charge in [0, 0.05) is 12.3 Å². The third-order valence-electron chi connectivity index (χ3n) is 2.08. The van der Waals surface area contributed by atoms with E-state index in [4.69, 9.17) is 11.2 Å². The Bertz CT molecular complexity index is 357. The Hall–Kier alpha value is -1.26. The summed E-state index contributed by atoms with van der Waals surface area (Å²) in [6.07, 6.45) is 13.1. The smallest absolute Gasteiger partial charge is 0.314 e. The molecule has 0 radical (unpaired) electrons. The number of hydrogen-bond acceptors (Lipinski definition) is 3. The average Bonchev–Trinajstić information content (AvgIpc) is 2.31. The molecule has 0 aromatic rings. The molecule has 0 rings (SSSR count). The normalized spacial score (nSPS) is 11.8. The second-order valence-electron chi connectivity index (χ2n) is 3.58. The predicted molar refractivity (Wildman–Crippen MR) is 71.6 cm³/mol. The maximum atomic E-state index is 12.4. The maximum Gasteiger partial charge on any atom is 0.314 e. The van der Waals surface area contributed by atoms with Crippen molar-refractivity contribution in [1.29, 1.82) is 0 Å². The van der Waals surface area contributed by atoms with Gasteiger partial charge in [-0.15, -0.1) is 6.42 Å². The number of carbonyl (C=O) groups excluding carboxylic acids is 1. The molecule has 0 aliphatic heterocycles. The summed E-state index contributed by atoms with van der Waals surface area (Å²) in [6, 6.07) is 0. The molecule has 94 valence electrons. The fourth-order valence-corrected chi connectivity index (χ4v) is 3.36. The van der Waals surface area contributed by atoms with Crippen LogP contribution in [0.4, 0.5) is 0 Å². The third-order valence-corrected chi connectivity index (χ3v) is 4.67. The van der Waals surface area contributed by atoms with E-state index in [-0.39, 0.29) is 12.8 Å². The quantitative estimate of drug-likeness (QED) is 0.303. The largest absolute Gasteiger partial charge is 0.452 e. The van der Waals surface area contributed by atoms with Gasteiger partial charge < -0.3 is 9.30 Å². The second-order valence-corrected chi connectivity index (χ2v) is 6.75. The Morgan fingerprint density at radius 3 is 2.24 bits per heavy atom. The average molecular weight is 254 g/mol. The first-order chi connectivity index (χ1) is 8.08. The molecule has 0 aliphatic carbocycles. The highest BCUT2D eigenvalue weighted by Crippen LogP contribution is 2.45. The molecular weight excluding hydrogens is 235 g/mol. The van der Waals surface area contributed by atoms with E-state index in [1.165, 1.54) is 0 Å². The molecule has 0 bridgehead atoms. The van der Waals surface area contributed by atoms with Gasteiger partial charge in [-0.25, -0.2) is 0 Å². The number of rotatable bonds is 7. The molecule has 0 amide bonds. The molecule has 0 aromatic carbocycles. The SMILES string of the molecule is C#CCOC(=O)CP(=O)(C/C=C/C)C/C=C/C. The number of esters is 1. The van der Waals surface area contributed by atoms with Crippen LogP contribution in [-0.2, 0) is 14.1 Å². The van der Waals surface area contributed by atoms with E-state index >= 15 is 0 Å². The lowest BCUT2D eigenvalue weighted by atomic mass is 10.6. The zero-order chi connectivity index (χ0) is 13.1. The highest BCUT2D eigenvalue weighted by molar-refractivity contribution is 7.65. The molecule has 0 heterocycles. The van der Waals surface area contributed by atoms with Crippen LogP contribution in [0.3, 0.4) is 0 Å². The minimum absolute atomic E-state index is 0.0522. The molecule has 4 heteroatoms. The lowest BCUT2D eigenvalue weighted by Crippen LogP contribution is -2.12. The van der Waals surface area contributed by atoms with Gasteiger partial charge in [0.15, 0.2) is 6.61 Å². The minimum Gasteiger partial charge on any atom is -0.452 e. The molecule has 3 nitrogen and oxygen atoms in total. The fraction of sp³-hybridized carbons (Fsp3) is 0.462. The Balaban J connectivity index is 4.53. The van der Waals surface area contributed by atoms with E-state index in [0.717, 1.165) is 0 Å². The first-order valence-electron chi connectivity index (χ1n) is 5.46. The molecule has 0 unspecified atom stereocenters. The minimum atomic E-state index is -2.57. The standard InChI is InChI=1S/C13H19O3P/c1-4-7-10-17(15,11-8-5-2)12-13(14)16-9-6-3/h3-5,7-8H,9-12H2,1-2H3/b7-4+,8-5+. The molecular formula is C13H19O3P. The van der Waals surface area contributed by atoms with Crippen molar-refractivity contribution in [2.45, 2.75) is 13.8 Å². The van der Waals surface area contributed by atoms with E-state index in [2.05, 4.69) is 5.92 Å². The summed E-state index contributed by atoms with van der Waals surface area (Å²) < 4.78 is 17.2. The molecule has 0 saturated heterocycles. The Morgan fingerprint density at radius 2 is 1.82 bits per heavy atom. The Labute approximate surface area is 103 Å². The van der Waals surface area contributed by atoms with Crippen molar-refractivity contribution >= 4 is 13.1 Å². The van der Waals surface area contributed by atoms with Gasteiger partial charge in [0.25, 0.3) is 0 Å². The zero-order valence-electron chi connectivity index (χ0n) is 10.4. The molecule has 0 fully saturated rings. The van der Waals surface area contributed by atoms with E-state index in [0.29, 0.717) is 12.3 Å². The van der Waals surface area contributed by atoms with E-state index in [1.54, 1.807) is 0 Å². The van der Waals surface area contributed by atoms with Crippen molar-refractivity contribution in [3.8, 4) is 12.3 Å². The highest BCUT2D eigenvalue weighted by Gasteiger charge is 2.23. The van der Waals surface area contributed by atoms with Gasteiger partial charge in [-0.05, 0) is 13.8 Å². The van der Waals surface area contributed by atoms with Crippen LogP contribution < -0.4 is 0 Å². The number of terminal acetylenes is 1. The fourth-order valence-electron chi connectivity index (χ4n) is 1.20. The Morgan fingerprint density at radius 1 is 1.29 bits per heavy atom. The van der Waals surface area contributed by atoms with Crippen LogP contribution in [0.25, 0.3) is 0 Å². The van der Waals surface area contributed by atoms with E-state index in [9.17, 15) is 9.36 Å². The van der Waals surface area contributed by atoms with Crippen LogP contribution in [0.1, 0.15) is 13.8 Å². The summed E-state index contributed by atoms with van der Waals surface area (Å²) in [5, 5.41) is 0. The van der Waals surface area contributed by atoms with Gasteiger partial charge in [-0.1, -0.05) is 30.2 Å². The maximum absolute atomic E-state index is 12.4. The summed E-state index contributed by atoms with van der Waals surface area (Å²) in [5.74, 6) is 1.72. The number of ether oxygens (including phenoxy) is 1. The van der Waals surface area contributed by atoms with Crippen molar-refractivity contribution in [2.75, 3.05) is 25.1 Å². The lowest BCUT2D eigenvalue weighted by Gasteiger charge is -2.13. The highest BCUT2D eigenvalue weighted by atomic mass is 31.2. The van der Waals surface area contributed by atoms with E-state index < -0.39 is 13.1 Å². The molecule has 0 spiro atoms. The Kier molecular flexibility index (Phi) is 8.19. The summed E-state index contributed by atoms with van der Waals surface area (Å²) >= 11 is 0. The lowest BCUT2D eigenvalue weighted by molar-refractivity contribution is -0.139. The van der Waals surface area contributed by atoms with Crippen LogP contribution in [0.5, 0.6) is 0 Å². The van der Waals surface area contributed by atoms with Gasteiger partial charge in [0.05, 0.1) is 6.16 Å². The van der Waals surface area contributed by atoms with Crippen molar-refractivity contribution in [3.05, 3.63) is 24.3 Å². The summed E-state index contributed by atoms with van der Waals surface area (Å²) in [6.45, 7) is 3.65. The van der Waals surface area contributed by atoms with Crippen molar-refractivity contribution in [1.82, 2.24) is 0 Å². The molecule has 17 heavy (non-hydrogen) atoms. The summed E-state index contributed by atoms with van der Waals surface area (Å²) in [7, 11) is -2.57. The van der Waals surface area contributed by atoms with Gasteiger partial charge in [-0.2, -0.15) is 0 Å². The van der Waals surface area contributed by atoms with Crippen molar-refractivity contribution < 1.29 is 14.1 Å². The van der Waals surface area contributed by atoms with Gasteiger partial charge >= 0.3 is 5.97 Å². The van der Waals surface area contributed by atoms with Crippen LogP contribution >= 0.6 is 7.14 Å². The molecule has 0 aromatic heterocycles. The predicted octanol–water partition coefficient (Wildman–Crippen LogP) is 2.68. The van der Waals surface area contributed by atoms with Crippen molar-refractivity contribution in [3.63, 3.8) is 0 Å². The van der Waals surface area contributed by atoms with E-state index in [1.807, 2.05) is 38.2 Å². The first kappa shape index (κ1) is 15.7. The van der Waals surface area contributed by atoms with Gasteiger partial charge in [-0.3, -0.25) is 4.79 Å². The van der Waals surface area contributed by atoms with Crippen LogP contribution in [0, 0.1) is 12.3 Å². The monoisotopic (exact) mass is 254 g/mol. The van der Waals surface area contributed by atoms with Crippen LogP contribution in [0.15, 0.2) is 24.3 Å². The van der Waals surface area contributed by atoms with Gasteiger partial charge in [0.1, 0.15) is 7.14 Å². The van der Waals surface area contributed by atoms with Crippen molar-refractivity contribution in [2.24, 2.45) is 0 Å². The number of allylic oxidation sites excluding steroid dienone is 4. The zero-order valence-corrected chi connectivity index (χ0v) is 11.3. The van der Waals surface area contributed by atoms with Crippen LogP contribution in [-0.4, -0.2) is 31.1 Å². The third kappa shape index (κ3) is 7.60. The molecule has 0 aliphatic rings. The molecule has 0 atom stereocenters.